The first-order chi connectivity index (χ1) is 15.3. The van der Waals surface area contributed by atoms with Crippen molar-refractivity contribution in [3.05, 3.63) is 75.4 Å². The van der Waals surface area contributed by atoms with Crippen LogP contribution >= 0.6 is 0 Å². The van der Waals surface area contributed by atoms with E-state index in [0.717, 1.165) is 22.5 Å². The highest BCUT2D eigenvalue weighted by atomic mass is 16.5. The van der Waals surface area contributed by atoms with Gasteiger partial charge < -0.3 is 24.5 Å². The third-order valence-corrected chi connectivity index (χ3v) is 5.67. The molecular formula is C25H30N2O5. The van der Waals surface area contributed by atoms with Crippen LogP contribution in [0.4, 0.5) is 0 Å². The number of aromatic nitrogens is 1. The van der Waals surface area contributed by atoms with Crippen molar-refractivity contribution in [1.29, 1.82) is 0 Å². The van der Waals surface area contributed by atoms with E-state index >= 15 is 0 Å². The Hall–Kier alpha value is -3.48. The summed E-state index contributed by atoms with van der Waals surface area (Å²) in [5.74, 6) is -0.977. The summed E-state index contributed by atoms with van der Waals surface area (Å²) in [7, 11) is 2.90. The SMILES string of the molecule is COC(=O)C1=C(C)NC(C)=C(C(=O)OCCc2cc(C)[nH]c2C)C1c1cccc(OC)c1. The summed E-state index contributed by atoms with van der Waals surface area (Å²) in [5.41, 5.74) is 6.02. The van der Waals surface area contributed by atoms with Crippen molar-refractivity contribution in [2.24, 2.45) is 0 Å². The summed E-state index contributed by atoms with van der Waals surface area (Å²) >= 11 is 0. The molecule has 7 heteroatoms. The number of dihydropyridines is 1. The largest absolute Gasteiger partial charge is 0.497 e. The first-order valence-electron chi connectivity index (χ1n) is 10.5. The average molecular weight is 439 g/mol. The predicted octanol–water partition coefficient (Wildman–Crippen LogP) is 3.83. The molecule has 7 nitrogen and oxygen atoms in total. The first kappa shape index (κ1) is 23.2. The van der Waals surface area contributed by atoms with E-state index in [4.69, 9.17) is 14.2 Å². The lowest BCUT2D eigenvalue weighted by Gasteiger charge is -2.30. The average Bonchev–Trinajstić information content (AvgIpc) is 3.09. The second-order valence-electron chi connectivity index (χ2n) is 7.89. The zero-order valence-electron chi connectivity index (χ0n) is 19.4. The van der Waals surface area contributed by atoms with Crippen LogP contribution in [0.5, 0.6) is 5.75 Å². The number of nitrogens with one attached hydrogen (secondary N) is 2. The van der Waals surface area contributed by atoms with Crippen molar-refractivity contribution in [2.45, 2.75) is 40.0 Å². The van der Waals surface area contributed by atoms with Gasteiger partial charge in [-0.05, 0) is 57.0 Å². The smallest absolute Gasteiger partial charge is 0.336 e. The number of ether oxygens (including phenoxy) is 3. The van der Waals surface area contributed by atoms with Crippen LogP contribution < -0.4 is 10.1 Å². The van der Waals surface area contributed by atoms with Gasteiger partial charge in [0, 0.05) is 29.2 Å². The minimum absolute atomic E-state index is 0.231. The molecule has 0 spiro atoms. The lowest BCUT2D eigenvalue weighted by molar-refractivity contribution is -0.139. The molecule has 2 N–H and O–H groups in total. The molecule has 2 aromatic rings. The number of benzene rings is 1. The van der Waals surface area contributed by atoms with E-state index in [0.29, 0.717) is 34.7 Å². The summed E-state index contributed by atoms with van der Waals surface area (Å²) in [4.78, 5) is 29.2. The van der Waals surface area contributed by atoms with Crippen molar-refractivity contribution >= 4 is 11.9 Å². The Bertz CT molecular complexity index is 1090. The lowest BCUT2D eigenvalue weighted by atomic mass is 9.80. The molecular weight excluding hydrogens is 408 g/mol. The van der Waals surface area contributed by atoms with E-state index in [-0.39, 0.29) is 6.61 Å². The molecule has 1 aliphatic heterocycles. The number of aromatic amines is 1. The van der Waals surface area contributed by atoms with E-state index in [2.05, 4.69) is 16.4 Å². The van der Waals surface area contributed by atoms with Gasteiger partial charge in [-0.2, -0.15) is 0 Å². The number of rotatable bonds is 7. The number of carbonyl (C=O) groups excluding carboxylic acids is 2. The number of allylic oxidation sites excluding steroid dienone is 2. The van der Waals surface area contributed by atoms with Crippen molar-refractivity contribution in [2.75, 3.05) is 20.8 Å². The Labute approximate surface area is 188 Å². The van der Waals surface area contributed by atoms with Crippen molar-refractivity contribution in [3.63, 3.8) is 0 Å². The summed E-state index contributed by atoms with van der Waals surface area (Å²) in [6.07, 6.45) is 0.601. The zero-order chi connectivity index (χ0) is 23.4. The molecule has 1 atom stereocenters. The van der Waals surface area contributed by atoms with E-state index in [1.54, 1.807) is 21.0 Å². The third-order valence-electron chi connectivity index (χ3n) is 5.67. The van der Waals surface area contributed by atoms with Crippen LogP contribution in [-0.2, 0) is 25.5 Å². The molecule has 1 unspecified atom stereocenters. The molecule has 1 aliphatic rings. The maximum Gasteiger partial charge on any atom is 0.336 e. The molecule has 0 aliphatic carbocycles. The number of esters is 2. The maximum absolute atomic E-state index is 13.3. The van der Waals surface area contributed by atoms with Gasteiger partial charge in [0.1, 0.15) is 5.75 Å². The van der Waals surface area contributed by atoms with Gasteiger partial charge in [0.2, 0.25) is 0 Å². The Morgan fingerprint density at radius 3 is 2.25 bits per heavy atom. The van der Waals surface area contributed by atoms with Crippen LogP contribution in [0.15, 0.2) is 52.9 Å². The minimum Gasteiger partial charge on any atom is -0.497 e. The summed E-state index contributed by atoms with van der Waals surface area (Å²) in [5, 5.41) is 3.15. The van der Waals surface area contributed by atoms with E-state index in [1.807, 2.05) is 38.1 Å². The molecule has 3 rings (SSSR count). The Morgan fingerprint density at radius 2 is 1.66 bits per heavy atom. The van der Waals surface area contributed by atoms with E-state index in [1.165, 1.54) is 7.11 Å². The Morgan fingerprint density at radius 1 is 0.969 bits per heavy atom. The molecule has 0 fully saturated rings. The molecule has 170 valence electrons. The first-order valence-corrected chi connectivity index (χ1v) is 10.5. The highest BCUT2D eigenvalue weighted by Gasteiger charge is 2.38. The third kappa shape index (κ3) is 4.72. The van der Waals surface area contributed by atoms with Gasteiger partial charge in [0.05, 0.1) is 37.9 Å². The zero-order valence-corrected chi connectivity index (χ0v) is 19.4. The van der Waals surface area contributed by atoms with Crippen LogP contribution in [0.3, 0.4) is 0 Å². The van der Waals surface area contributed by atoms with Crippen LogP contribution in [0.1, 0.15) is 42.3 Å². The van der Waals surface area contributed by atoms with Crippen LogP contribution in [0.25, 0.3) is 0 Å². The van der Waals surface area contributed by atoms with Gasteiger partial charge in [-0.1, -0.05) is 12.1 Å². The highest BCUT2D eigenvalue weighted by molar-refractivity contribution is 5.99. The van der Waals surface area contributed by atoms with Crippen molar-refractivity contribution in [3.8, 4) is 5.75 Å². The summed E-state index contributed by atoms with van der Waals surface area (Å²) in [6, 6.07) is 9.38. The van der Waals surface area contributed by atoms with Crippen molar-refractivity contribution in [1.82, 2.24) is 10.3 Å². The van der Waals surface area contributed by atoms with Crippen LogP contribution in [0.2, 0.25) is 0 Å². The predicted molar refractivity (Wildman–Crippen MR) is 121 cm³/mol. The fourth-order valence-electron chi connectivity index (χ4n) is 4.17. The standard InChI is InChI=1S/C25H30N2O5/c1-14-12-18(15(2)26-14)10-11-32-25(29)22-17(4)27-16(3)21(24(28)31-6)23(22)19-8-7-9-20(13-19)30-5/h7-9,12-13,23,26-27H,10-11H2,1-6H3. The fraction of sp³-hybridized carbons (Fsp3) is 0.360. The van der Waals surface area contributed by atoms with Gasteiger partial charge >= 0.3 is 11.9 Å². The highest BCUT2D eigenvalue weighted by Crippen LogP contribution is 2.40. The van der Waals surface area contributed by atoms with Crippen LogP contribution in [0, 0.1) is 13.8 Å². The van der Waals surface area contributed by atoms with E-state index in [9.17, 15) is 9.59 Å². The Kier molecular flexibility index (Phi) is 7.08. The fourth-order valence-corrected chi connectivity index (χ4v) is 4.17. The van der Waals surface area contributed by atoms with Gasteiger partial charge in [0.15, 0.2) is 0 Å². The second kappa shape index (κ2) is 9.77. The molecule has 2 heterocycles. The number of methoxy groups -OCH3 is 2. The number of H-pyrrole nitrogens is 1. The molecule has 1 aromatic heterocycles. The quantitative estimate of drug-likeness (QED) is 0.639. The number of hydrogen-bond acceptors (Lipinski definition) is 6. The van der Waals surface area contributed by atoms with Crippen LogP contribution in [-0.4, -0.2) is 37.7 Å². The number of aryl methyl sites for hydroxylation is 2. The van der Waals surface area contributed by atoms with Gasteiger partial charge in [-0.15, -0.1) is 0 Å². The molecule has 1 aromatic carbocycles. The van der Waals surface area contributed by atoms with Crippen molar-refractivity contribution < 1.29 is 23.8 Å². The molecule has 0 saturated heterocycles. The molecule has 0 saturated carbocycles. The summed E-state index contributed by atoms with van der Waals surface area (Å²) < 4.78 is 16.1. The normalized spacial score (nSPS) is 16.0. The topological polar surface area (TPSA) is 89.6 Å². The second-order valence-corrected chi connectivity index (χ2v) is 7.89. The number of carbonyl (C=O) groups is 2. The minimum atomic E-state index is -0.637. The molecule has 0 bridgehead atoms. The number of hydrogen-bond donors (Lipinski definition) is 2. The van der Waals surface area contributed by atoms with Gasteiger partial charge in [0.25, 0.3) is 0 Å². The monoisotopic (exact) mass is 438 g/mol. The van der Waals surface area contributed by atoms with E-state index < -0.39 is 17.9 Å². The Balaban J connectivity index is 1.93. The molecule has 0 radical (unpaired) electrons. The summed E-state index contributed by atoms with van der Waals surface area (Å²) in [6.45, 7) is 7.82. The lowest BCUT2D eigenvalue weighted by Crippen LogP contribution is -2.32. The van der Waals surface area contributed by atoms with Gasteiger partial charge in [-0.25, -0.2) is 9.59 Å². The van der Waals surface area contributed by atoms with Gasteiger partial charge in [-0.3, -0.25) is 0 Å². The molecule has 0 amide bonds. The maximum atomic E-state index is 13.3. The molecule has 32 heavy (non-hydrogen) atoms.